The van der Waals surface area contributed by atoms with Crippen LogP contribution in [0, 0.1) is 0 Å². The van der Waals surface area contributed by atoms with Gasteiger partial charge in [0.1, 0.15) is 11.6 Å². The van der Waals surface area contributed by atoms with Gasteiger partial charge >= 0.3 is 5.97 Å². The fraction of sp³-hybridized carbons (Fsp3) is 0.667. The second kappa shape index (κ2) is 5.65. The highest BCUT2D eigenvalue weighted by molar-refractivity contribution is 7.99. The van der Waals surface area contributed by atoms with Crippen LogP contribution in [0.5, 0.6) is 0 Å². The van der Waals surface area contributed by atoms with Gasteiger partial charge in [0.15, 0.2) is 5.69 Å². The molecule has 1 aromatic heterocycles. The fourth-order valence-electron chi connectivity index (χ4n) is 2.23. The van der Waals surface area contributed by atoms with Crippen LogP contribution in [0.2, 0.25) is 0 Å². The third-order valence-corrected chi connectivity index (χ3v) is 4.22. The summed E-state index contributed by atoms with van der Waals surface area (Å²) in [5, 5.41) is 0. The number of carbonyl (C=O) groups excluding carboxylic acids is 1. The third kappa shape index (κ3) is 2.34. The van der Waals surface area contributed by atoms with Gasteiger partial charge in [-0.15, -0.1) is 0 Å². The largest absolute Gasteiger partial charge is 0.461 e. The Labute approximate surface area is 111 Å². The van der Waals surface area contributed by atoms with Crippen molar-refractivity contribution >= 4 is 23.5 Å². The van der Waals surface area contributed by atoms with Crippen molar-refractivity contribution in [2.75, 3.05) is 23.8 Å². The molecule has 0 spiro atoms. The van der Waals surface area contributed by atoms with Crippen molar-refractivity contribution in [3.8, 4) is 0 Å². The number of rotatable bonds is 4. The minimum absolute atomic E-state index is 0.269. The first-order chi connectivity index (χ1) is 8.69. The summed E-state index contributed by atoms with van der Waals surface area (Å²) in [5.41, 5.74) is 6.35. The van der Waals surface area contributed by atoms with Gasteiger partial charge in [0.05, 0.1) is 6.61 Å². The number of ether oxygens (including phenoxy) is 1. The molecule has 100 valence electrons. The second-order valence-electron chi connectivity index (χ2n) is 4.22. The van der Waals surface area contributed by atoms with Crippen LogP contribution in [-0.4, -0.2) is 33.6 Å². The topological polar surface area (TPSA) is 70.1 Å². The van der Waals surface area contributed by atoms with Crippen molar-refractivity contribution in [2.45, 2.75) is 32.7 Å². The van der Waals surface area contributed by atoms with Crippen molar-refractivity contribution in [1.82, 2.24) is 9.55 Å². The summed E-state index contributed by atoms with van der Waals surface area (Å²) in [5.74, 6) is 3.09. The number of hydrogen-bond acceptors (Lipinski definition) is 5. The van der Waals surface area contributed by atoms with Gasteiger partial charge in [-0.3, -0.25) is 0 Å². The number of thioether (sulfide) groups is 1. The number of nitrogen functional groups attached to an aromatic ring is 1. The zero-order chi connectivity index (χ0) is 13.1. The summed E-state index contributed by atoms with van der Waals surface area (Å²) < 4.78 is 7.00. The summed E-state index contributed by atoms with van der Waals surface area (Å²) in [6.45, 7) is 4.14. The number of carbonyl (C=O) groups is 1. The lowest BCUT2D eigenvalue weighted by Gasteiger charge is -2.15. The van der Waals surface area contributed by atoms with Gasteiger partial charge in [-0.2, -0.15) is 11.8 Å². The van der Waals surface area contributed by atoms with Gasteiger partial charge in [-0.05, 0) is 19.1 Å². The SMILES string of the molecule is CCOC(=O)c1nc(CC)n(C2CCSC2)c1N. The molecular formula is C12H19N3O2S. The summed E-state index contributed by atoms with van der Waals surface area (Å²) >= 11 is 1.91. The first-order valence-electron chi connectivity index (χ1n) is 6.30. The average Bonchev–Trinajstić information content (AvgIpc) is 2.96. The van der Waals surface area contributed by atoms with E-state index in [1.54, 1.807) is 6.92 Å². The van der Waals surface area contributed by atoms with Crippen LogP contribution in [-0.2, 0) is 11.2 Å². The Morgan fingerprint density at radius 3 is 2.94 bits per heavy atom. The quantitative estimate of drug-likeness (QED) is 0.845. The van der Waals surface area contributed by atoms with Crippen LogP contribution in [0.4, 0.5) is 5.82 Å². The molecule has 1 fully saturated rings. The smallest absolute Gasteiger partial charge is 0.360 e. The van der Waals surface area contributed by atoms with E-state index in [1.807, 2.05) is 23.3 Å². The Balaban J connectivity index is 2.36. The first-order valence-corrected chi connectivity index (χ1v) is 7.45. The van der Waals surface area contributed by atoms with Crippen molar-refractivity contribution in [3.63, 3.8) is 0 Å². The standard InChI is InChI=1S/C12H19N3O2S/c1-3-9-14-10(12(16)17-4-2)11(13)15(9)8-5-6-18-7-8/h8H,3-7,13H2,1-2H3. The molecule has 1 aliphatic heterocycles. The second-order valence-corrected chi connectivity index (χ2v) is 5.37. The van der Waals surface area contributed by atoms with Crippen molar-refractivity contribution in [1.29, 1.82) is 0 Å². The lowest BCUT2D eigenvalue weighted by molar-refractivity contribution is 0.0521. The minimum atomic E-state index is -0.422. The molecular weight excluding hydrogens is 250 g/mol. The van der Waals surface area contributed by atoms with Crippen molar-refractivity contribution in [3.05, 3.63) is 11.5 Å². The Kier molecular flexibility index (Phi) is 4.16. The number of esters is 1. The van der Waals surface area contributed by atoms with Crippen LogP contribution in [0.1, 0.15) is 42.6 Å². The van der Waals surface area contributed by atoms with Crippen molar-refractivity contribution < 1.29 is 9.53 Å². The third-order valence-electron chi connectivity index (χ3n) is 3.08. The van der Waals surface area contributed by atoms with Gasteiger partial charge in [-0.1, -0.05) is 6.92 Å². The van der Waals surface area contributed by atoms with E-state index in [0.717, 1.165) is 30.2 Å². The predicted molar refractivity (Wildman–Crippen MR) is 73.0 cm³/mol. The van der Waals surface area contributed by atoms with E-state index in [0.29, 0.717) is 18.5 Å². The van der Waals surface area contributed by atoms with E-state index in [2.05, 4.69) is 4.98 Å². The predicted octanol–water partition coefficient (Wildman–Crippen LogP) is 1.88. The molecule has 2 N–H and O–H groups in total. The summed E-state index contributed by atoms with van der Waals surface area (Å²) in [4.78, 5) is 16.1. The number of aromatic nitrogens is 2. The number of nitrogens with two attached hydrogens (primary N) is 1. The van der Waals surface area contributed by atoms with Crippen LogP contribution >= 0.6 is 11.8 Å². The molecule has 1 aliphatic rings. The summed E-state index contributed by atoms with van der Waals surface area (Å²) in [6, 6.07) is 0.362. The first kappa shape index (κ1) is 13.3. The molecule has 1 saturated heterocycles. The van der Waals surface area contributed by atoms with E-state index in [-0.39, 0.29) is 5.69 Å². The Bertz CT molecular complexity index is 439. The molecule has 0 amide bonds. The highest BCUT2D eigenvalue weighted by Gasteiger charge is 2.27. The van der Waals surface area contributed by atoms with Crippen molar-refractivity contribution in [2.24, 2.45) is 0 Å². The van der Waals surface area contributed by atoms with Gasteiger partial charge in [0, 0.05) is 18.2 Å². The van der Waals surface area contributed by atoms with Crippen LogP contribution in [0.15, 0.2) is 0 Å². The highest BCUT2D eigenvalue weighted by Crippen LogP contribution is 2.32. The van der Waals surface area contributed by atoms with Crippen LogP contribution in [0.25, 0.3) is 0 Å². The number of nitrogens with zero attached hydrogens (tertiary/aromatic N) is 2. The maximum absolute atomic E-state index is 11.8. The van der Waals surface area contributed by atoms with E-state index in [4.69, 9.17) is 10.5 Å². The maximum atomic E-state index is 11.8. The Morgan fingerprint density at radius 2 is 2.39 bits per heavy atom. The number of aryl methyl sites for hydroxylation is 1. The zero-order valence-electron chi connectivity index (χ0n) is 10.8. The van der Waals surface area contributed by atoms with Crippen LogP contribution < -0.4 is 5.73 Å². The molecule has 2 rings (SSSR count). The summed E-state index contributed by atoms with van der Waals surface area (Å²) in [6.07, 6.45) is 1.85. The molecule has 2 heterocycles. The molecule has 0 bridgehead atoms. The molecule has 1 atom stereocenters. The molecule has 0 saturated carbocycles. The lowest BCUT2D eigenvalue weighted by Crippen LogP contribution is -2.15. The van der Waals surface area contributed by atoms with E-state index in [1.165, 1.54) is 0 Å². The molecule has 1 aromatic rings. The number of anilines is 1. The maximum Gasteiger partial charge on any atom is 0.360 e. The fourth-order valence-corrected chi connectivity index (χ4v) is 3.42. The van der Waals surface area contributed by atoms with Crippen LogP contribution in [0.3, 0.4) is 0 Å². The monoisotopic (exact) mass is 269 g/mol. The Morgan fingerprint density at radius 1 is 1.61 bits per heavy atom. The average molecular weight is 269 g/mol. The van der Waals surface area contributed by atoms with E-state index < -0.39 is 5.97 Å². The minimum Gasteiger partial charge on any atom is -0.461 e. The zero-order valence-corrected chi connectivity index (χ0v) is 11.6. The highest BCUT2D eigenvalue weighted by atomic mass is 32.2. The summed E-state index contributed by atoms with van der Waals surface area (Å²) in [7, 11) is 0. The molecule has 0 aliphatic carbocycles. The number of hydrogen-bond donors (Lipinski definition) is 1. The van der Waals surface area contributed by atoms with Gasteiger partial charge < -0.3 is 15.0 Å². The molecule has 6 heteroatoms. The van der Waals surface area contributed by atoms with Gasteiger partial charge in [0.25, 0.3) is 0 Å². The molecule has 18 heavy (non-hydrogen) atoms. The lowest BCUT2D eigenvalue weighted by atomic mass is 10.2. The normalized spacial score (nSPS) is 19.1. The van der Waals surface area contributed by atoms with Gasteiger partial charge in [-0.25, -0.2) is 9.78 Å². The molecule has 1 unspecified atom stereocenters. The van der Waals surface area contributed by atoms with E-state index >= 15 is 0 Å². The molecule has 0 aromatic carbocycles. The van der Waals surface area contributed by atoms with Gasteiger partial charge in [0.2, 0.25) is 0 Å². The Hall–Kier alpha value is -1.17. The number of imidazole rings is 1. The van der Waals surface area contributed by atoms with E-state index in [9.17, 15) is 4.79 Å². The molecule has 5 nitrogen and oxygen atoms in total. The molecule has 0 radical (unpaired) electrons.